The molecule has 4 rings (SSSR count). The second-order valence-corrected chi connectivity index (χ2v) is 9.60. The van der Waals surface area contributed by atoms with E-state index in [9.17, 15) is 10.1 Å². The van der Waals surface area contributed by atoms with Crippen LogP contribution < -0.4 is 0 Å². The van der Waals surface area contributed by atoms with E-state index in [-0.39, 0.29) is 5.97 Å². The number of esters is 1. The number of halogens is 1. The van der Waals surface area contributed by atoms with Crippen LogP contribution in [-0.2, 0) is 20.4 Å². The third-order valence-electron chi connectivity index (χ3n) is 7.14. The number of carbonyl (C=O) groups is 1. The van der Waals surface area contributed by atoms with E-state index in [1.165, 1.54) is 0 Å². The fourth-order valence-corrected chi connectivity index (χ4v) is 5.20. The molecule has 3 aromatic carbocycles. The zero-order chi connectivity index (χ0) is 25.4. The van der Waals surface area contributed by atoms with Crippen molar-refractivity contribution in [1.29, 1.82) is 5.26 Å². The van der Waals surface area contributed by atoms with Gasteiger partial charge in [0.2, 0.25) is 0 Å². The zero-order valence-electron chi connectivity index (χ0n) is 20.6. The van der Waals surface area contributed by atoms with Gasteiger partial charge in [-0.05, 0) is 61.7 Å². The van der Waals surface area contributed by atoms with Crippen LogP contribution in [0.2, 0.25) is 5.02 Å². The predicted molar refractivity (Wildman–Crippen MR) is 144 cm³/mol. The first-order chi connectivity index (χ1) is 17.5. The monoisotopic (exact) mass is 498 g/mol. The van der Waals surface area contributed by atoms with Gasteiger partial charge < -0.3 is 4.74 Å². The first-order valence-corrected chi connectivity index (χ1v) is 12.8. The summed E-state index contributed by atoms with van der Waals surface area (Å²) in [5.41, 5.74) is 1.31. The molecule has 184 valence electrons. The van der Waals surface area contributed by atoms with Gasteiger partial charge >= 0.3 is 5.97 Å². The van der Waals surface area contributed by atoms with E-state index in [1.807, 2.05) is 97.9 Å². The summed E-state index contributed by atoms with van der Waals surface area (Å²) in [6.07, 6.45) is 5.44. The number of hydrogen-bond donors (Lipinski definition) is 0. The van der Waals surface area contributed by atoms with Gasteiger partial charge in [-0.15, -0.1) is 0 Å². The van der Waals surface area contributed by atoms with Crippen molar-refractivity contribution in [2.75, 3.05) is 26.2 Å². The molecule has 0 radical (unpaired) electrons. The van der Waals surface area contributed by atoms with Gasteiger partial charge in [0, 0.05) is 11.6 Å². The maximum absolute atomic E-state index is 13.1. The summed E-state index contributed by atoms with van der Waals surface area (Å²) in [5, 5.41) is 11.0. The molecule has 0 aliphatic carbocycles. The number of ether oxygens (including phenoxy) is 1. The average molecular weight is 499 g/mol. The van der Waals surface area contributed by atoms with Gasteiger partial charge in [0.05, 0.1) is 18.1 Å². The lowest BCUT2D eigenvalue weighted by Gasteiger charge is -2.40. The number of likely N-dealkylation sites (tertiary alicyclic amines) is 1. The Morgan fingerprint density at radius 1 is 1.00 bits per heavy atom. The standard InChI is InChI=1S/C31H31ClN2O2/c1-2-36-29(35)30(27-14-16-28(32)17-15-27)19-22-34(23-20-30)21-9-18-31(24-33,25-10-5-3-6-11-25)26-12-7-4-8-13-26/h3-18H,2,19-23H2,1H3/b18-9+. The molecule has 4 nitrogen and oxygen atoms in total. The Bertz CT molecular complexity index is 1170. The minimum absolute atomic E-state index is 0.167. The molecule has 36 heavy (non-hydrogen) atoms. The second kappa shape index (κ2) is 11.6. The highest BCUT2D eigenvalue weighted by atomic mass is 35.5. The molecule has 5 heteroatoms. The summed E-state index contributed by atoms with van der Waals surface area (Å²) in [6, 6.07) is 29.9. The van der Waals surface area contributed by atoms with Crippen LogP contribution in [0, 0.1) is 11.3 Å². The molecule has 0 saturated carbocycles. The molecular formula is C31H31ClN2O2. The second-order valence-electron chi connectivity index (χ2n) is 9.16. The summed E-state index contributed by atoms with van der Waals surface area (Å²) in [5.74, 6) is -0.167. The summed E-state index contributed by atoms with van der Waals surface area (Å²) in [4.78, 5) is 15.4. The third-order valence-corrected chi connectivity index (χ3v) is 7.39. The molecular weight excluding hydrogens is 468 g/mol. The SMILES string of the molecule is CCOC(=O)C1(c2ccc(Cl)cc2)CCN(C/C=C/C(C#N)(c2ccccc2)c2ccccc2)CC1. The van der Waals surface area contributed by atoms with Crippen LogP contribution in [0.15, 0.2) is 97.1 Å². The lowest BCUT2D eigenvalue weighted by atomic mass is 9.72. The number of nitriles is 1. The van der Waals surface area contributed by atoms with Gasteiger partial charge in [0.15, 0.2) is 0 Å². The quantitative estimate of drug-likeness (QED) is 0.270. The Morgan fingerprint density at radius 3 is 2.06 bits per heavy atom. The van der Waals surface area contributed by atoms with Crippen LogP contribution in [0.25, 0.3) is 0 Å². The van der Waals surface area contributed by atoms with E-state index in [0.717, 1.165) is 29.8 Å². The van der Waals surface area contributed by atoms with Crippen molar-refractivity contribution >= 4 is 17.6 Å². The molecule has 0 amide bonds. The van der Waals surface area contributed by atoms with Gasteiger partial charge in [0.1, 0.15) is 5.41 Å². The molecule has 0 spiro atoms. The van der Waals surface area contributed by atoms with Crippen molar-refractivity contribution in [3.05, 3.63) is 119 Å². The van der Waals surface area contributed by atoms with Crippen LogP contribution in [-0.4, -0.2) is 37.1 Å². The van der Waals surface area contributed by atoms with Gasteiger partial charge in [-0.25, -0.2) is 0 Å². The topological polar surface area (TPSA) is 53.3 Å². The van der Waals surface area contributed by atoms with Crippen molar-refractivity contribution in [2.24, 2.45) is 0 Å². The fraction of sp³-hybridized carbons (Fsp3) is 0.290. The summed E-state index contributed by atoms with van der Waals surface area (Å²) < 4.78 is 5.50. The van der Waals surface area contributed by atoms with Crippen molar-refractivity contribution in [2.45, 2.75) is 30.6 Å². The molecule has 1 heterocycles. The summed E-state index contributed by atoms with van der Waals surface area (Å²) >= 11 is 6.10. The van der Waals surface area contributed by atoms with Crippen LogP contribution in [0.3, 0.4) is 0 Å². The Kier molecular flexibility index (Phi) is 8.25. The Labute approximate surface area is 218 Å². The van der Waals surface area contributed by atoms with Crippen molar-refractivity contribution < 1.29 is 9.53 Å². The van der Waals surface area contributed by atoms with E-state index in [2.05, 4.69) is 17.0 Å². The lowest BCUT2D eigenvalue weighted by Crippen LogP contribution is -2.48. The van der Waals surface area contributed by atoms with Gasteiger partial charge in [-0.3, -0.25) is 9.69 Å². The van der Waals surface area contributed by atoms with E-state index in [1.54, 1.807) is 0 Å². The third kappa shape index (κ3) is 5.23. The number of allylic oxidation sites excluding steroid dienone is 1. The van der Waals surface area contributed by atoms with Crippen molar-refractivity contribution in [3.63, 3.8) is 0 Å². The van der Waals surface area contributed by atoms with Crippen molar-refractivity contribution in [3.8, 4) is 6.07 Å². The van der Waals surface area contributed by atoms with E-state index >= 15 is 0 Å². The molecule has 0 bridgehead atoms. The van der Waals surface area contributed by atoms with Crippen LogP contribution in [0.4, 0.5) is 0 Å². The van der Waals surface area contributed by atoms with Crippen molar-refractivity contribution in [1.82, 2.24) is 4.90 Å². The van der Waals surface area contributed by atoms with E-state index in [0.29, 0.717) is 31.0 Å². The Balaban J connectivity index is 1.53. The number of hydrogen-bond acceptors (Lipinski definition) is 4. The van der Waals surface area contributed by atoms with Gasteiger partial charge in [-0.1, -0.05) is 96.5 Å². The lowest BCUT2D eigenvalue weighted by molar-refractivity contribution is -0.152. The molecule has 0 atom stereocenters. The number of carbonyl (C=O) groups excluding carboxylic acids is 1. The molecule has 0 N–H and O–H groups in total. The molecule has 1 aliphatic rings. The van der Waals surface area contributed by atoms with Crippen LogP contribution >= 0.6 is 11.6 Å². The molecule has 3 aromatic rings. The smallest absolute Gasteiger partial charge is 0.316 e. The van der Waals surface area contributed by atoms with Crippen LogP contribution in [0.1, 0.15) is 36.5 Å². The average Bonchev–Trinajstić information content (AvgIpc) is 2.93. The zero-order valence-corrected chi connectivity index (χ0v) is 21.3. The Hall–Kier alpha value is -3.39. The minimum atomic E-state index is -0.865. The first-order valence-electron chi connectivity index (χ1n) is 12.4. The first kappa shape index (κ1) is 25.7. The number of piperidine rings is 1. The fourth-order valence-electron chi connectivity index (χ4n) is 5.07. The highest BCUT2D eigenvalue weighted by Gasteiger charge is 2.44. The molecule has 1 saturated heterocycles. The van der Waals surface area contributed by atoms with E-state index in [4.69, 9.17) is 16.3 Å². The number of nitrogens with zero attached hydrogens (tertiary/aromatic N) is 2. The summed E-state index contributed by atoms with van der Waals surface area (Å²) in [7, 11) is 0. The Morgan fingerprint density at radius 2 is 1.56 bits per heavy atom. The minimum Gasteiger partial charge on any atom is -0.465 e. The normalized spacial score (nSPS) is 15.9. The molecule has 0 unspecified atom stereocenters. The molecule has 1 aliphatic heterocycles. The predicted octanol–water partition coefficient (Wildman–Crippen LogP) is 6.30. The summed E-state index contributed by atoms with van der Waals surface area (Å²) in [6.45, 7) is 4.40. The molecule has 1 fully saturated rings. The highest BCUT2D eigenvalue weighted by molar-refractivity contribution is 6.30. The maximum Gasteiger partial charge on any atom is 0.316 e. The van der Waals surface area contributed by atoms with Crippen LogP contribution in [0.5, 0.6) is 0 Å². The van der Waals surface area contributed by atoms with Gasteiger partial charge in [0.25, 0.3) is 0 Å². The van der Waals surface area contributed by atoms with E-state index < -0.39 is 10.8 Å². The van der Waals surface area contributed by atoms with Gasteiger partial charge in [-0.2, -0.15) is 5.26 Å². The largest absolute Gasteiger partial charge is 0.465 e. The highest BCUT2D eigenvalue weighted by Crippen LogP contribution is 2.38. The number of rotatable bonds is 8. The number of benzene rings is 3. The molecule has 0 aromatic heterocycles. The maximum atomic E-state index is 13.1.